The van der Waals surface area contributed by atoms with Gasteiger partial charge in [0.2, 0.25) is 5.78 Å². The van der Waals surface area contributed by atoms with Crippen molar-refractivity contribution in [1.29, 1.82) is 0 Å². The number of ketones is 1. The van der Waals surface area contributed by atoms with Gasteiger partial charge in [0.1, 0.15) is 12.4 Å². The fourth-order valence-corrected chi connectivity index (χ4v) is 2.95. The molecule has 3 aromatic rings. The summed E-state index contributed by atoms with van der Waals surface area (Å²) < 4.78 is 5.70. The van der Waals surface area contributed by atoms with Crippen molar-refractivity contribution in [2.24, 2.45) is 5.16 Å². The van der Waals surface area contributed by atoms with Gasteiger partial charge in [-0.05, 0) is 34.5 Å². The molecule has 25 heavy (non-hydrogen) atoms. The first-order valence-corrected chi connectivity index (χ1v) is 8.23. The third-order valence-electron chi connectivity index (χ3n) is 4.06. The van der Waals surface area contributed by atoms with Gasteiger partial charge >= 0.3 is 0 Å². The maximum atomic E-state index is 12.6. The molecule has 0 saturated carbocycles. The Bertz CT molecular complexity index is 966. The van der Waals surface area contributed by atoms with Gasteiger partial charge in [-0.1, -0.05) is 59.2 Å². The molecule has 0 aliphatic carbocycles. The van der Waals surface area contributed by atoms with Crippen LogP contribution in [0.5, 0.6) is 5.75 Å². The second kappa shape index (κ2) is 6.57. The van der Waals surface area contributed by atoms with Gasteiger partial charge in [-0.2, -0.15) is 0 Å². The lowest BCUT2D eigenvalue weighted by atomic mass is 10.0. The number of rotatable bonds is 4. The van der Waals surface area contributed by atoms with Crippen LogP contribution in [0.2, 0.25) is 5.02 Å². The summed E-state index contributed by atoms with van der Waals surface area (Å²) in [6, 6.07) is 18.8. The Morgan fingerprint density at radius 3 is 2.72 bits per heavy atom. The van der Waals surface area contributed by atoms with Crippen LogP contribution in [-0.2, 0) is 11.4 Å². The van der Waals surface area contributed by atoms with Crippen LogP contribution in [0.15, 0.2) is 65.8 Å². The van der Waals surface area contributed by atoms with Crippen molar-refractivity contribution in [3.05, 3.63) is 76.8 Å². The van der Waals surface area contributed by atoms with Crippen LogP contribution >= 0.6 is 11.6 Å². The van der Waals surface area contributed by atoms with E-state index >= 15 is 0 Å². The highest BCUT2D eigenvalue weighted by Gasteiger charge is 2.32. The molecule has 0 aromatic heterocycles. The fraction of sp³-hybridized carbons (Fsp3) is 0.100. The summed E-state index contributed by atoms with van der Waals surface area (Å²) in [5, 5.41) is 6.45. The highest BCUT2D eigenvalue weighted by atomic mass is 35.5. The smallest absolute Gasteiger partial charge is 0.213 e. The van der Waals surface area contributed by atoms with Gasteiger partial charge in [0, 0.05) is 5.02 Å². The van der Waals surface area contributed by atoms with Crippen LogP contribution < -0.4 is 4.74 Å². The zero-order valence-corrected chi connectivity index (χ0v) is 13.9. The molecular formula is C20H14ClNO3. The average molecular weight is 352 g/mol. The molecule has 0 N–H and O–H groups in total. The number of benzene rings is 3. The molecule has 0 fully saturated rings. The third-order valence-corrected chi connectivity index (χ3v) is 4.32. The molecule has 0 radical (unpaired) electrons. The minimum absolute atomic E-state index is 0.106. The van der Waals surface area contributed by atoms with Crippen LogP contribution in [0, 0.1) is 0 Å². The summed E-state index contributed by atoms with van der Waals surface area (Å²) in [5.74, 6) is 0.475. The Balaban J connectivity index is 1.46. The van der Waals surface area contributed by atoms with Crippen LogP contribution in [-0.4, -0.2) is 18.1 Å². The number of fused-ring (bicyclic) bond motifs is 3. The van der Waals surface area contributed by atoms with Crippen molar-refractivity contribution in [2.45, 2.75) is 12.7 Å². The van der Waals surface area contributed by atoms with Gasteiger partial charge in [-0.3, -0.25) is 4.79 Å². The van der Waals surface area contributed by atoms with Gasteiger partial charge in [0.25, 0.3) is 0 Å². The number of Topliss-reactive ketones (excluding diaryl/α,β-unsaturated/α-hetero) is 1. The van der Waals surface area contributed by atoms with Gasteiger partial charge < -0.3 is 9.57 Å². The predicted octanol–water partition coefficient (Wildman–Crippen LogP) is 4.64. The van der Waals surface area contributed by atoms with E-state index < -0.39 is 6.10 Å². The molecule has 1 unspecified atom stereocenters. The molecule has 1 heterocycles. The van der Waals surface area contributed by atoms with Crippen LogP contribution in [0.4, 0.5) is 0 Å². The standard InChI is InChI=1S/C20H14ClNO3/c21-15-8-5-13(6-9-15)12-24-22-11-18-20(23)19-16-4-2-1-3-14(16)7-10-17(19)25-18/h1-11,18H,12H2. The number of halogens is 1. The Labute approximate surface area is 149 Å². The van der Waals surface area contributed by atoms with E-state index in [-0.39, 0.29) is 5.78 Å². The van der Waals surface area contributed by atoms with E-state index in [1.54, 1.807) is 12.1 Å². The van der Waals surface area contributed by atoms with E-state index in [0.717, 1.165) is 16.3 Å². The van der Waals surface area contributed by atoms with E-state index in [4.69, 9.17) is 21.2 Å². The van der Waals surface area contributed by atoms with Crippen molar-refractivity contribution in [1.82, 2.24) is 0 Å². The number of hydrogen-bond acceptors (Lipinski definition) is 4. The van der Waals surface area contributed by atoms with Crippen LogP contribution in [0.3, 0.4) is 0 Å². The Kier molecular flexibility index (Phi) is 4.12. The first-order valence-electron chi connectivity index (χ1n) is 7.85. The summed E-state index contributed by atoms with van der Waals surface area (Å²) in [6.07, 6.45) is 0.638. The fourth-order valence-electron chi connectivity index (χ4n) is 2.83. The monoisotopic (exact) mass is 351 g/mol. The molecule has 5 heteroatoms. The zero-order valence-electron chi connectivity index (χ0n) is 13.2. The second-order valence-electron chi connectivity index (χ2n) is 5.72. The minimum Gasteiger partial charge on any atom is -0.476 e. The van der Waals surface area contributed by atoms with Crippen LogP contribution in [0.1, 0.15) is 15.9 Å². The highest BCUT2D eigenvalue weighted by molar-refractivity contribution is 6.30. The number of carbonyl (C=O) groups excluding carboxylic acids is 1. The number of carbonyl (C=O) groups is 1. The van der Waals surface area contributed by atoms with E-state index in [0.29, 0.717) is 22.9 Å². The van der Waals surface area contributed by atoms with Gasteiger partial charge in [-0.15, -0.1) is 0 Å². The minimum atomic E-state index is -0.758. The van der Waals surface area contributed by atoms with Crippen molar-refractivity contribution in [2.75, 3.05) is 0 Å². The van der Waals surface area contributed by atoms with Crippen LogP contribution in [0.25, 0.3) is 10.8 Å². The Hall–Kier alpha value is -2.85. The molecule has 1 atom stereocenters. The molecule has 0 spiro atoms. The molecule has 0 bridgehead atoms. The van der Waals surface area contributed by atoms with Gasteiger partial charge in [-0.25, -0.2) is 0 Å². The maximum absolute atomic E-state index is 12.6. The molecule has 124 valence electrons. The predicted molar refractivity (Wildman–Crippen MR) is 97.4 cm³/mol. The van der Waals surface area contributed by atoms with Gasteiger partial charge in [0.15, 0.2) is 6.10 Å². The number of oxime groups is 1. The number of nitrogens with zero attached hydrogens (tertiary/aromatic N) is 1. The summed E-state index contributed by atoms with van der Waals surface area (Å²) in [6.45, 7) is 0.296. The molecule has 0 amide bonds. The second-order valence-corrected chi connectivity index (χ2v) is 6.15. The molecule has 1 aliphatic heterocycles. The molecule has 4 rings (SSSR count). The highest BCUT2D eigenvalue weighted by Crippen LogP contribution is 2.34. The number of hydrogen-bond donors (Lipinski definition) is 0. The topological polar surface area (TPSA) is 47.9 Å². The largest absolute Gasteiger partial charge is 0.476 e. The molecular weight excluding hydrogens is 338 g/mol. The SMILES string of the molecule is O=C1c2c(ccc3ccccc23)OC1C=NOCc1ccc(Cl)cc1. The molecule has 0 saturated heterocycles. The molecule has 4 nitrogen and oxygen atoms in total. The lowest BCUT2D eigenvalue weighted by Crippen LogP contribution is -2.22. The Morgan fingerprint density at radius 2 is 1.88 bits per heavy atom. The lowest BCUT2D eigenvalue weighted by molar-refractivity contribution is 0.0912. The van der Waals surface area contributed by atoms with E-state index in [2.05, 4.69) is 5.16 Å². The van der Waals surface area contributed by atoms with Gasteiger partial charge in [0.05, 0.1) is 11.8 Å². The van der Waals surface area contributed by atoms with E-state index in [1.807, 2.05) is 48.5 Å². The van der Waals surface area contributed by atoms with Crippen molar-refractivity contribution < 1.29 is 14.4 Å². The van der Waals surface area contributed by atoms with E-state index in [1.165, 1.54) is 6.21 Å². The number of ether oxygens (including phenoxy) is 1. The quantitative estimate of drug-likeness (QED) is 0.508. The van der Waals surface area contributed by atoms with E-state index in [9.17, 15) is 4.79 Å². The maximum Gasteiger partial charge on any atom is 0.213 e. The average Bonchev–Trinajstić information content (AvgIpc) is 2.97. The van der Waals surface area contributed by atoms with Crippen molar-refractivity contribution in [3.8, 4) is 5.75 Å². The van der Waals surface area contributed by atoms with Crippen molar-refractivity contribution >= 4 is 34.4 Å². The Morgan fingerprint density at radius 1 is 1.08 bits per heavy atom. The summed E-state index contributed by atoms with van der Waals surface area (Å²) in [4.78, 5) is 17.9. The molecule has 3 aromatic carbocycles. The lowest BCUT2D eigenvalue weighted by Gasteiger charge is -2.03. The van der Waals surface area contributed by atoms with Crippen molar-refractivity contribution in [3.63, 3.8) is 0 Å². The first-order chi connectivity index (χ1) is 12.2. The first kappa shape index (κ1) is 15.7. The summed E-state index contributed by atoms with van der Waals surface area (Å²) in [5.41, 5.74) is 1.54. The molecule has 1 aliphatic rings. The third kappa shape index (κ3) is 3.08. The zero-order chi connectivity index (χ0) is 17.2. The summed E-state index contributed by atoms with van der Waals surface area (Å²) in [7, 11) is 0. The summed E-state index contributed by atoms with van der Waals surface area (Å²) >= 11 is 5.84. The normalized spacial score (nSPS) is 16.2.